The van der Waals surface area contributed by atoms with Crippen molar-refractivity contribution in [2.24, 2.45) is 0 Å². The highest BCUT2D eigenvalue weighted by Gasteiger charge is 2.24. The molecular weight excluding hydrogens is 246 g/mol. The van der Waals surface area contributed by atoms with Gasteiger partial charge in [-0.05, 0) is 6.92 Å². The van der Waals surface area contributed by atoms with Gasteiger partial charge in [-0.15, -0.1) is 0 Å². The van der Waals surface area contributed by atoms with Crippen molar-refractivity contribution in [3.8, 4) is 0 Å². The summed E-state index contributed by atoms with van der Waals surface area (Å²) in [4.78, 5) is 27.8. The number of carbonyl (C=O) groups is 1. The number of piperazine rings is 1. The van der Waals surface area contributed by atoms with E-state index in [1.54, 1.807) is 4.90 Å². The summed E-state index contributed by atoms with van der Waals surface area (Å²) in [6.45, 7) is 3.73. The summed E-state index contributed by atoms with van der Waals surface area (Å²) in [5.41, 5.74) is 5.71. The Morgan fingerprint density at radius 1 is 1.37 bits per heavy atom. The van der Waals surface area contributed by atoms with Crippen LogP contribution in [0.25, 0.3) is 0 Å². The standard InChI is InChI=1S/C11H19N7O/c1-7(18-5-4-13-8(19)6-18)9-14-10(12)16-11(15-9)17(2)3/h7H,4-6H2,1-3H3,(H,13,19)(H2,12,14,15,16)/t7-/m0/s1. The summed E-state index contributed by atoms with van der Waals surface area (Å²) in [7, 11) is 3.69. The molecule has 2 rings (SSSR count). The van der Waals surface area contributed by atoms with Crippen molar-refractivity contribution in [2.75, 3.05) is 44.4 Å². The zero-order valence-electron chi connectivity index (χ0n) is 11.4. The van der Waals surface area contributed by atoms with Crippen LogP contribution >= 0.6 is 0 Å². The minimum absolute atomic E-state index is 0.0213. The van der Waals surface area contributed by atoms with Crippen LogP contribution in [0.3, 0.4) is 0 Å². The maximum Gasteiger partial charge on any atom is 0.234 e. The van der Waals surface area contributed by atoms with Gasteiger partial charge < -0.3 is 16.0 Å². The lowest BCUT2D eigenvalue weighted by Crippen LogP contribution is -2.48. The fourth-order valence-corrected chi connectivity index (χ4v) is 1.94. The highest BCUT2D eigenvalue weighted by atomic mass is 16.2. The minimum Gasteiger partial charge on any atom is -0.368 e. The third-order valence-electron chi connectivity index (χ3n) is 3.05. The molecule has 0 spiro atoms. The largest absolute Gasteiger partial charge is 0.368 e. The average Bonchev–Trinajstić information content (AvgIpc) is 2.37. The Balaban J connectivity index is 2.22. The third-order valence-corrected chi connectivity index (χ3v) is 3.05. The molecule has 19 heavy (non-hydrogen) atoms. The van der Waals surface area contributed by atoms with Crippen molar-refractivity contribution in [3.05, 3.63) is 5.82 Å². The van der Waals surface area contributed by atoms with Gasteiger partial charge in [-0.2, -0.15) is 15.0 Å². The molecule has 8 nitrogen and oxygen atoms in total. The van der Waals surface area contributed by atoms with Gasteiger partial charge in [0.1, 0.15) is 0 Å². The molecule has 1 aromatic rings. The Labute approximate surface area is 112 Å². The van der Waals surface area contributed by atoms with Gasteiger partial charge in [0.15, 0.2) is 5.82 Å². The molecule has 0 saturated carbocycles. The number of nitrogen functional groups attached to an aromatic ring is 1. The lowest BCUT2D eigenvalue weighted by molar-refractivity contribution is -0.124. The van der Waals surface area contributed by atoms with Crippen LogP contribution in [-0.4, -0.2) is 59.5 Å². The Bertz CT molecular complexity index is 476. The summed E-state index contributed by atoms with van der Waals surface area (Å²) in [5, 5.41) is 2.79. The SMILES string of the molecule is C[C@@H](c1nc(N)nc(N(C)C)n1)N1CCNC(=O)C1. The van der Waals surface area contributed by atoms with Gasteiger partial charge in [0.2, 0.25) is 17.8 Å². The first-order valence-electron chi connectivity index (χ1n) is 6.17. The number of nitrogens with zero attached hydrogens (tertiary/aromatic N) is 5. The second kappa shape index (κ2) is 5.35. The molecule has 3 N–H and O–H groups in total. The molecule has 2 heterocycles. The molecule has 0 aromatic carbocycles. The van der Waals surface area contributed by atoms with E-state index in [0.29, 0.717) is 24.9 Å². The van der Waals surface area contributed by atoms with E-state index in [9.17, 15) is 4.79 Å². The first-order valence-corrected chi connectivity index (χ1v) is 6.17. The Morgan fingerprint density at radius 2 is 2.11 bits per heavy atom. The number of hydrogen-bond acceptors (Lipinski definition) is 7. The van der Waals surface area contributed by atoms with E-state index in [4.69, 9.17) is 5.73 Å². The molecule has 1 saturated heterocycles. The van der Waals surface area contributed by atoms with E-state index < -0.39 is 0 Å². The van der Waals surface area contributed by atoms with Gasteiger partial charge in [0, 0.05) is 27.2 Å². The number of carbonyl (C=O) groups excluding carboxylic acids is 1. The van der Waals surface area contributed by atoms with Crippen molar-refractivity contribution >= 4 is 17.8 Å². The topological polar surface area (TPSA) is 100 Å². The summed E-state index contributed by atoms with van der Waals surface area (Å²) in [5.74, 6) is 1.33. The molecule has 1 aliphatic heterocycles. The smallest absolute Gasteiger partial charge is 0.234 e. The molecule has 0 unspecified atom stereocenters. The lowest BCUT2D eigenvalue weighted by atomic mass is 10.2. The van der Waals surface area contributed by atoms with Crippen molar-refractivity contribution in [2.45, 2.75) is 13.0 Å². The zero-order chi connectivity index (χ0) is 14.0. The van der Waals surface area contributed by atoms with Crippen LogP contribution in [0.15, 0.2) is 0 Å². The maximum atomic E-state index is 11.4. The predicted octanol–water partition coefficient (Wildman–Crippen LogP) is -0.987. The van der Waals surface area contributed by atoms with Crippen LogP contribution in [0.2, 0.25) is 0 Å². The second-order valence-corrected chi connectivity index (χ2v) is 4.74. The van der Waals surface area contributed by atoms with Crippen LogP contribution in [0.1, 0.15) is 18.8 Å². The van der Waals surface area contributed by atoms with Gasteiger partial charge in [0.25, 0.3) is 0 Å². The van der Waals surface area contributed by atoms with Crippen LogP contribution in [-0.2, 0) is 4.79 Å². The highest BCUT2D eigenvalue weighted by molar-refractivity contribution is 5.78. The summed E-state index contributed by atoms with van der Waals surface area (Å²) in [6, 6.07) is -0.0740. The van der Waals surface area contributed by atoms with E-state index in [0.717, 1.165) is 6.54 Å². The lowest BCUT2D eigenvalue weighted by Gasteiger charge is -2.31. The number of rotatable bonds is 3. The van der Waals surface area contributed by atoms with Crippen LogP contribution in [0.5, 0.6) is 0 Å². The number of hydrogen-bond donors (Lipinski definition) is 2. The molecule has 104 valence electrons. The van der Waals surface area contributed by atoms with Gasteiger partial charge in [0.05, 0.1) is 12.6 Å². The monoisotopic (exact) mass is 265 g/mol. The number of amides is 1. The van der Waals surface area contributed by atoms with Gasteiger partial charge in [-0.1, -0.05) is 0 Å². The van der Waals surface area contributed by atoms with E-state index in [1.165, 1.54) is 0 Å². The number of nitrogens with two attached hydrogens (primary N) is 1. The van der Waals surface area contributed by atoms with Crippen molar-refractivity contribution < 1.29 is 4.79 Å². The molecule has 1 amide bonds. The quantitative estimate of drug-likeness (QED) is 0.724. The molecule has 1 fully saturated rings. The number of nitrogens with one attached hydrogen (secondary N) is 1. The minimum atomic E-state index is -0.0740. The molecule has 0 aliphatic carbocycles. The first kappa shape index (κ1) is 13.5. The number of aromatic nitrogens is 3. The average molecular weight is 265 g/mol. The number of anilines is 2. The highest BCUT2D eigenvalue weighted by Crippen LogP contribution is 2.19. The molecule has 1 aromatic heterocycles. The molecule has 1 atom stereocenters. The summed E-state index contributed by atoms with van der Waals surface area (Å²) >= 11 is 0. The van der Waals surface area contributed by atoms with Crippen LogP contribution in [0, 0.1) is 0 Å². The molecule has 8 heteroatoms. The van der Waals surface area contributed by atoms with Crippen molar-refractivity contribution in [3.63, 3.8) is 0 Å². The van der Waals surface area contributed by atoms with Gasteiger partial charge in [-0.3, -0.25) is 9.69 Å². The Kier molecular flexibility index (Phi) is 3.79. The van der Waals surface area contributed by atoms with Crippen LogP contribution in [0.4, 0.5) is 11.9 Å². The third kappa shape index (κ3) is 3.08. The fourth-order valence-electron chi connectivity index (χ4n) is 1.94. The normalized spacial score (nSPS) is 17.9. The van der Waals surface area contributed by atoms with Gasteiger partial charge >= 0.3 is 0 Å². The van der Waals surface area contributed by atoms with E-state index in [1.807, 2.05) is 25.9 Å². The molecule has 0 radical (unpaired) electrons. The van der Waals surface area contributed by atoms with Gasteiger partial charge in [-0.25, -0.2) is 0 Å². The molecule has 0 bridgehead atoms. The van der Waals surface area contributed by atoms with Crippen molar-refractivity contribution in [1.82, 2.24) is 25.2 Å². The zero-order valence-corrected chi connectivity index (χ0v) is 11.4. The molecular formula is C11H19N7O. The second-order valence-electron chi connectivity index (χ2n) is 4.74. The summed E-state index contributed by atoms with van der Waals surface area (Å²) in [6.07, 6.45) is 0. The van der Waals surface area contributed by atoms with E-state index >= 15 is 0 Å². The van der Waals surface area contributed by atoms with Crippen LogP contribution < -0.4 is 16.0 Å². The van der Waals surface area contributed by atoms with Crippen molar-refractivity contribution in [1.29, 1.82) is 0 Å². The molecule has 1 aliphatic rings. The predicted molar refractivity (Wildman–Crippen MR) is 71.6 cm³/mol. The van der Waals surface area contributed by atoms with E-state index in [-0.39, 0.29) is 17.9 Å². The maximum absolute atomic E-state index is 11.4. The summed E-state index contributed by atoms with van der Waals surface area (Å²) < 4.78 is 0. The Morgan fingerprint density at radius 3 is 2.74 bits per heavy atom. The first-order chi connectivity index (χ1) is 8.97. The van der Waals surface area contributed by atoms with E-state index in [2.05, 4.69) is 20.3 Å². The Hall–Kier alpha value is -1.96. The fraction of sp³-hybridized carbons (Fsp3) is 0.636.